The van der Waals surface area contributed by atoms with Gasteiger partial charge < -0.3 is 10.1 Å². The van der Waals surface area contributed by atoms with Crippen LogP contribution in [0.2, 0.25) is 0 Å². The van der Waals surface area contributed by atoms with Gasteiger partial charge in [0.05, 0.1) is 6.04 Å². The lowest BCUT2D eigenvalue weighted by Gasteiger charge is -2.26. The highest BCUT2D eigenvalue weighted by molar-refractivity contribution is 5.73. The molecule has 0 unspecified atom stereocenters. The van der Waals surface area contributed by atoms with Gasteiger partial charge in [0.15, 0.2) is 0 Å². The second kappa shape index (κ2) is 5.13. The van der Waals surface area contributed by atoms with Crippen LogP contribution in [0.1, 0.15) is 42.5 Å². The lowest BCUT2D eigenvalue weighted by Crippen LogP contribution is -2.29. The van der Waals surface area contributed by atoms with Crippen molar-refractivity contribution >= 4 is 12.2 Å². The van der Waals surface area contributed by atoms with Crippen LogP contribution in [0.4, 0.5) is 0 Å². The molecule has 1 amide bonds. The molecular formula is C14H17NO2. The monoisotopic (exact) mass is 231 g/mol. The van der Waals surface area contributed by atoms with Crippen molar-refractivity contribution in [2.45, 2.75) is 38.6 Å². The first-order valence-corrected chi connectivity index (χ1v) is 6.03. The van der Waals surface area contributed by atoms with Crippen molar-refractivity contribution < 1.29 is 9.59 Å². The maximum atomic E-state index is 11.1. The molecule has 0 bridgehead atoms. The van der Waals surface area contributed by atoms with E-state index in [1.807, 2.05) is 12.1 Å². The summed E-state index contributed by atoms with van der Waals surface area (Å²) < 4.78 is 0. The van der Waals surface area contributed by atoms with E-state index >= 15 is 0 Å². The number of nitrogens with one attached hydrogen (secondary N) is 1. The van der Waals surface area contributed by atoms with Gasteiger partial charge in [-0.1, -0.05) is 18.2 Å². The van der Waals surface area contributed by atoms with E-state index in [1.54, 1.807) is 6.92 Å². The molecule has 0 spiro atoms. The molecule has 2 rings (SSSR count). The van der Waals surface area contributed by atoms with Gasteiger partial charge in [0.25, 0.3) is 0 Å². The third-order valence-electron chi connectivity index (χ3n) is 3.22. The van der Waals surface area contributed by atoms with Crippen LogP contribution in [0.15, 0.2) is 18.2 Å². The average Bonchev–Trinajstić information content (AvgIpc) is 2.29. The van der Waals surface area contributed by atoms with Gasteiger partial charge in [-0.25, -0.2) is 0 Å². The fourth-order valence-electron chi connectivity index (χ4n) is 2.49. The van der Waals surface area contributed by atoms with Gasteiger partial charge in [-0.15, -0.1) is 0 Å². The second-order valence-electron chi connectivity index (χ2n) is 4.55. The standard InChI is InChI=1S/C14H17NO2/c1-10(17)15-14-4-2-3-12-9-11(7-8-16)5-6-13(12)14/h5-6,8-9,14H,2-4,7H2,1H3,(H,15,17)/t14-/m1/s1. The first kappa shape index (κ1) is 11.8. The third kappa shape index (κ3) is 2.73. The molecule has 1 aliphatic carbocycles. The minimum atomic E-state index is 0.0137. The van der Waals surface area contributed by atoms with E-state index < -0.39 is 0 Å². The van der Waals surface area contributed by atoms with E-state index in [0.29, 0.717) is 6.42 Å². The summed E-state index contributed by atoms with van der Waals surface area (Å²) in [6.07, 6.45) is 4.52. The molecule has 1 aromatic carbocycles. The van der Waals surface area contributed by atoms with Crippen molar-refractivity contribution in [2.24, 2.45) is 0 Å². The van der Waals surface area contributed by atoms with Crippen molar-refractivity contribution in [3.8, 4) is 0 Å². The largest absolute Gasteiger partial charge is 0.350 e. The summed E-state index contributed by atoms with van der Waals surface area (Å²) >= 11 is 0. The molecule has 0 saturated heterocycles. The van der Waals surface area contributed by atoms with E-state index in [0.717, 1.165) is 31.1 Å². The van der Waals surface area contributed by atoms with Crippen LogP contribution in [-0.2, 0) is 22.4 Å². The highest BCUT2D eigenvalue weighted by Crippen LogP contribution is 2.30. The Bertz CT molecular complexity index is 440. The van der Waals surface area contributed by atoms with E-state index in [2.05, 4.69) is 11.4 Å². The van der Waals surface area contributed by atoms with Gasteiger partial charge in [0, 0.05) is 13.3 Å². The number of rotatable bonds is 3. The average molecular weight is 231 g/mol. The molecule has 90 valence electrons. The maximum Gasteiger partial charge on any atom is 0.217 e. The minimum absolute atomic E-state index is 0.0137. The zero-order valence-corrected chi connectivity index (χ0v) is 10.0. The predicted octanol–water partition coefficient (Wildman–Crippen LogP) is 1.94. The SMILES string of the molecule is CC(=O)N[C@@H]1CCCc2cc(CC=O)ccc21. The molecule has 3 nitrogen and oxygen atoms in total. The van der Waals surface area contributed by atoms with Crippen LogP contribution >= 0.6 is 0 Å². The summed E-state index contributed by atoms with van der Waals surface area (Å²) in [7, 11) is 0. The molecule has 1 N–H and O–H groups in total. The Morgan fingerprint density at radius 3 is 3.06 bits per heavy atom. The molecule has 17 heavy (non-hydrogen) atoms. The number of carbonyl (C=O) groups excluding carboxylic acids is 2. The maximum absolute atomic E-state index is 11.1. The number of hydrogen-bond acceptors (Lipinski definition) is 2. The van der Waals surface area contributed by atoms with Gasteiger partial charge >= 0.3 is 0 Å². The number of carbonyl (C=O) groups is 2. The number of amides is 1. The first-order valence-electron chi connectivity index (χ1n) is 6.03. The smallest absolute Gasteiger partial charge is 0.217 e. The second-order valence-corrected chi connectivity index (χ2v) is 4.55. The van der Waals surface area contributed by atoms with Crippen LogP contribution < -0.4 is 5.32 Å². The molecule has 0 fully saturated rings. The van der Waals surface area contributed by atoms with Crippen molar-refractivity contribution in [1.29, 1.82) is 0 Å². The molecular weight excluding hydrogens is 214 g/mol. The Morgan fingerprint density at radius 1 is 1.53 bits per heavy atom. The fraction of sp³-hybridized carbons (Fsp3) is 0.429. The Balaban J connectivity index is 2.26. The quantitative estimate of drug-likeness (QED) is 0.808. The molecule has 3 heteroatoms. The van der Waals surface area contributed by atoms with Crippen LogP contribution in [0, 0.1) is 0 Å². The summed E-state index contributed by atoms with van der Waals surface area (Å²) in [5.74, 6) is 0.0137. The number of benzene rings is 1. The zero-order valence-electron chi connectivity index (χ0n) is 10.0. The van der Waals surface area contributed by atoms with Gasteiger partial charge in [-0.05, 0) is 36.0 Å². The Labute approximate surface area is 101 Å². The van der Waals surface area contributed by atoms with Crippen molar-refractivity contribution in [3.63, 3.8) is 0 Å². The summed E-state index contributed by atoms with van der Waals surface area (Å²) in [6.45, 7) is 1.55. The minimum Gasteiger partial charge on any atom is -0.350 e. The summed E-state index contributed by atoms with van der Waals surface area (Å²) in [6, 6.07) is 6.26. The van der Waals surface area contributed by atoms with Crippen molar-refractivity contribution in [2.75, 3.05) is 0 Å². The van der Waals surface area contributed by atoms with Gasteiger partial charge in [-0.3, -0.25) is 4.79 Å². The number of hydrogen-bond donors (Lipinski definition) is 1. The Kier molecular flexibility index (Phi) is 3.57. The van der Waals surface area contributed by atoms with Crippen LogP contribution in [0.5, 0.6) is 0 Å². The highest BCUT2D eigenvalue weighted by Gasteiger charge is 2.20. The zero-order chi connectivity index (χ0) is 12.3. The molecule has 1 aromatic rings. The van der Waals surface area contributed by atoms with Gasteiger partial charge in [0.2, 0.25) is 5.91 Å². The number of aryl methyl sites for hydroxylation is 1. The Hall–Kier alpha value is -1.64. The van der Waals surface area contributed by atoms with Crippen LogP contribution in [-0.4, -0.2) is 12.2 Å². The normalized spacial score (nSPS) is 18.3. The molecule has 1 aliphatic rings. The lowest BCUT2D eigenvalue weighted by atomic mass is 9.86. The van der Waals surface area contributed by atoms with Crippen LogP contribution in [0.3, 0.4) is 0 Å². The van der Waals surface area contributed by atoms with E-state index in [1.165, 1.54) is 11.1 Å². The lowest BCUT2D eigenvalue weighted by molar-refractivity contribution is -0.119. The van der Waals surface area contributed by atoms with E-state index in [4.69, 9.17) is 0 Å². The van der Waals surface area contributed by atoms with Crippen molar-refractivity contribution in [3.05, 3.63) is 34.9 Å². The number of fused-ring (bicyclic) bond motifs is 1. The van der Waals surface area contributed by atoms with Crippen molar-refractivity contribution in [1.82, 2.24) is 5.32 Å². The molecule has 0 aromatic heterocycles. The molecule has 0 radical (unpaired) electrons. The third-order valence-corrected chi connectivity index (χ3v) is 3.22. The van der Waals surface area contributed by atoms with Gasteiger partial charge in [-0.2, -0.15) is 0 Å². The van der Waals surface area contributed by atoms with E-state index in [9.17, 15) is 9.59 Å². The van der Waals surface area contributed by atoms with Crippen LogP contribution in [0.25, 0.3) is 0 Å². The van der Waals surface area contributed by atoms with Gasteiger partial charge in [0.1, 0.15) is 6.29 Å². The number of aldehydes is 1. The highest BCUT2D eigenvalue weighted by atomic mass is 16.1. The summed E-state index contributed by atoms with van der Waals surface area (Å²) in [5, 5.41) is 2.98. The first-order chi connectivity index (χ1) is 8.20. The summed E-state index contributed by atoms with van der Waals surface area (Å²) in [5.41, 5.74) is 3.54. The topological polar surface area (TPSA) is 46.2 Å². The molecule has 0 aliphatic heterocycles. The molecule has 0 heterocycles. The Morgan fingerprint density at radius 2 is 2.35 bits per heavy atom. The van der Waals surface area contributed by atoms with E-state index in [-0.39, 0.29) is 11.9 Å². The fourth-order valence-corrected chi connectivity index (χ4v) is 2.49. The predicted molar refractivity (Wildman–Crippen MR) is 65.7 cm³/mol. The molecule has 0 saturated carbocycles. The summed E-state index contributed by atoms with van der Waals surface area (Å²) in [4.78, 5) is 21.6. The molecule has 1 atom stereocenters.